The second-order valence-electron chi connectivity index (χ2n) is 1.84. The summed E-state index contributed by atoms with van der Waals surface area (Å²) < 4.78 is 4.86. The van der Waals surface area contributed by atoms with Gasteiger partial charge in [-0.1, -0.05) is 13.8 Å². The molecule has 1 rings (SSSR count). The number of hydrogen-bond donors (Lipinski definition) is 1. The summed E-state index contributed by atoms with van der Waals surface area (Å²) in [6, 6.07) is 0. The van der Waals surface area contributed by atoms with Gasteiger partial charge in [-0.3, -0.25) is 4.79 Å². The fraction of sp³-hybridized carbons (Fsp3) is 0.500. The highest BCUT2D eigenvalue weighted by molar-refractivity contribution is 5.72. The average Bonchev–Trinajstić information content (AvgIpc) is 2.56. The fourth-order valence-electron chi connectivity index (χ4n) is 0.540. The number of carbonyl (C=O) groups excluding carboxylic acids is 1. The summed E-state index contributed by atoms with van der Waals surface area (Å²) in [6.07, 6.45) is 3.01. The van der Waals surface area contributed by atoms with Crippen LogP contribution in [0.2, 0.25) is 0 Å². The van der Waals surface area contributed by atoms with Crippen molar-refractivity contribution in [2.24, 2.45) is 0 Å². The van der Waals surface area contributed by atoms with E-state index in [0.29, 0.717) is 12.4 Å². The summed E-state index contributed by atoms with van der Waals surface area (Å²) >= 11 is 0. The fourth-order valence-corrected chi connectivity index (χ4v) is 0.540. The molecule has 1 amide bonds. The topological polar surface area (TPSA) is 55.1 Å². The molecule has 1 heterocycles. The van der Waals surface area contributed by atoms with Crippen LogP contribution in [-0.4, -0.2) is 10.9 Å². The minimum Gasteiger partial charge on any atom is -0.447 e. The standard InChI is InChI=1S/C6H8N2O2.C2H6/c1-5(9)8-4-6-7-2-3-10-6;1-2/h2-3H,4H2,1H3,(H,8,9);1-2H3. The summed E-state index contributed by atoms with van der Waals surface area (Å²) in [5.41, 5.74) is 0. The van der Waals surface area contributed by atoms with Crippen LogP contribution >= 0.6 is 0 Å². The number of amides is 1. The lowest BCUT2D eigenvalue weighted by molar-refractivity contribution is -0.119. The lowest BCUT2D eigenvalue weighted by Gasteiger charge is -1.94. The number of nitrogens with zero attached hydrogens (tertiary/aromatic N) is 1. The highest BCUT2D eigenvalue weighted by Gasteiger charge is 1.96. The number of hydrogen-bond acceptors (Lipinski definition) is 3. The third-order valence-electron chi connectivity index (χ3n) is 0.972. The molecular formula is C8H14N2O2. The third kappa shape index (κ3) is 4.49. The van der Waals surface area contributed by atoms with Crippen LogP contribution in [-0.2, 0) is 11.3 Å². The van der Waals surface area contributed by atoms with E-state index < -0.39 is 0 Å². The molecule has 0 aromatic carbocycles. The minimum atomic E-state index is -0.0850. The molecule has 1 aromatic rings. The van der Waals surface area contributed by atoms with Crippen LogP contribution in [0, 0.1) is 0 Å². The Bertz CT molecular complexity index is 207. The Morgan fingerprint density at radius 3 is 2.75 bits per heavy atom. The molecule has 0 spiro atoms. The van der Waals surface area contributed by atoms with E-state index in [2.05, 4.69) is 10.3 Å². The van der Waals surface area contributed by atoms with Gasteiger partial charge in [-0.2, -0.15) is 0 Å². The molecule has 12 heavy (non-hydrogen) atoms. The number of nitrogens with one attached hydrogen (secondary N) is 1. The molecule has 0 aliphatic rings. The van der Waals surface area contributed by atoms with E-state index in [4.69, 9.17) is 4.42 Å². The van der Waals surface area contributed by atoms with Crippen LogP contribution < -0.4 is 5.32 Å². The van der Waals surface area contributed by atoms with Gasteiger partial charge in [-0.05, 0) is 0 Å². The van der Waals surface area contributed by atoms with Gasteiger partial charge in [0.05, 0.1) is 12.7 Å². The van der Waals surface area contributed by atoms with Gasteiger partial charge in [0.1, 0.15) is 6.26 Å². The molecule has 0 atom stereocenters. The van der Waals surface area contributed by atoms with E-state index in [1.807, 2.05) is 13.8 Å². The first kappa shape index (κ1) is 10.7. The lowest BCUT2D eigenvalue weighted by atomic mass is 10.6. The predicted octanol–water partition coefficient (Wildman–Crippen LogP) is 1.34. The zero-order chi connectivity index (χ0) is 9.40. The van der Waals surface area contributed by atoms with Gasteiger partial charge in [0.25, 0.3) is 0 Å². The zero-order valence-electron chi connectivity index (χ0n) is 7.63. The molecule has 0 unspecified atom stereocenters. The molecule has 0 saturated carbocycles. The Morgan fingerprint density at radius 1 is 1.67 bits per heavy atom. The molecule has 0 radical (unpaired) electrons. The molecule has 4 nitrogen and oxygen atoms in total. The molecule has 1 N–H and O–H groups in total. The van der Waals surface area contributed by atoms with Crippen molar-refractivity contribution in [3.05, 3.63) is 18.4 Å². The van der Waals surface area contributed by atoms with E-state index in [1.165, 1.54) is 19.4 Å². The molecule has 0 bridgehead atoms. The van der Waals surface area contributed by atoms with Gasteiger partial charge in [-0.25, -0.2) is 4.98 Å². The molecule has 68 valence electrons. The Hall–Kier alpha value is -1.32. The lowest BCUT2D eigenvalue weighted by Crippen LogP contribution is -2.18. The van der Waals surface area contributed by atoms with Crippen LogP contribution in [0.5, 0.6) is 0 Å². The van der Waals surface area contributed by atoms with Gasteiger partial charge < -0.3 is 9.73 Å². The van der Waals surface area contributed by atoms with Crippen molar-refractivity contribution in [3.8, 4) is 0 Å². The number of rotatable bonds is 2. The summed E-state index contributed by atoms with van der Waals surface area (Å²) in [5, 5.41) is 2.55. The van der Waals surface area contributed by atoms with Gasteiger partial charge in [0.15, 0.2) is 0 Å². The normalized spacial score (nSPS) is 8.25. The zero-order valence-corrected chi connectivity index (χ0v) is 7.63. The highest BCUT2D eigenvalue weighted by Crippen LogP contribution is 1.91. The summed E-state index contributed by atoms with van der Waals surface area (Å²) in [6.45, 7) is 5.81. The van der Waals surface area contributed by atoms with E-state index in [9.17, 15) is 4.79 Å². The van der Waals surface area contributed by atoms with E-state index in [0.717, 1.165) is 0 Å². The van der Waals surface area contributed by atoms with Crippen LogP contribution in [0.15, 0.2) is 16.9 Å². The maximum absolute atomic E-state index is 10.4. The van der Waals surface area contributed by atoms with Crippen molar-refractivity contribution in [1.82, 2.24) is 10.3 Å². The van der Waals surface area contributed by atoms with Crippen LogP contribution in [0.4, 0.5) is 0 Å². The molecule has 0 saturated heterocycles. The number of aromatic nitrogens is 1. The van der Waals surface area contributed by atoms with Crippen molar-refractivity contribution in [3.63, 3.8) is 0 Å². The van der Waals surface area contributed by atoms with Crippen molar-refractivity contribution >= 4 is 5.91 Å². The molecule has 1 aromatic heterocycles. The Morgan fingerprint density at radius 2 is 2.33 bits per heavy atom. The largest absolute Gasteiger partial charge is 0.447 e. The van der Waals surface area contributed by atoms with Crippen LogP contribution in [0.25, 0.3) is 0 Å². The Balaban J connectivity index is 0.000000561. The van der Waals surface area contributed by atoms with Crippen molar-refractivity contribution in [2.45, 2.75) is 27.3 Å². The smallest absolute Gasteiger partial charge is 0.217 e. The number of carbonyl (C=O) groups is 1. The molecule has 0 aliphatic carbocycles. The van der Waals surface area contributed by atoms with Gasteiger partial charge >= 0.3 is 0 Å². The molecular weight excluding hydrogens is 156 g/mol. The first-order valence-electron chi connectivity index (χ1n) is 3.92. The first-order valence-corrected chi connectivity index (χ1v) is 3.92. The predicted molar refractivity (Wildman–Crippen MR) is 45.4 cm³/mol. The Labute approximate surface area is 72.0 Å². The summed E-state index contributed by atoms with van der Waals surface area (Å²) in [7, 11) is 0. The van der Waals surface area contributed by atoms with Gasteiger partial charge in [-0.15, -0.1) is 0 Å². The van der Waals surface area contributed by atoms with Crippen LogP contribution in [0.1, 0.15) is 26.7 Å². The van der Waals surface area contributed by atoms with Gasteiger partial charge in [0.2, 0.25) is 11.8 Å². The molecule has 0 aliphatic heterocycles. The average molecular weight is 170 g/mol. The van der Waals surface area contributed by atoms with Crippen molar-refractivity contribution in [1.29, 1.82) is 0 Å². The first-order chi connectivity index (χ1) is 5.79. The maximum atomic E-state index is 10.4. The van der Waals surface area contributed by atoms with Crippen LogP contribution in [0.3, 0.4) is 0 Å². The monoisotopic (exact) mass is 170 g/mol. The SMILES string of the molecule is CC.CC(=O)NCc1ncco1. The minimum absolute atomic E-state index is 0.0850. The maximum Gasteiger partial charge on any atom is 0.217 e. The van der Waals surface area contributed by atoms with Crippen molar-refractivity contribution in [2.75, 3.05) is 0 Å². The third-order valence-corrected chi connectivity index (χ3v) is 0.972. The summed E-state index contributed by atoms with van der Waals surface area (Å²) in [4.78, 5) is 14.2. The molecule has 4 heteroatoms. The number of oxazole rings is 1. The molecule has 0 fully saturated rings. The second-order valence-corrected chi connectivity index (χ2v) is 1.84. The quantitative estimate of drug-likeness (QED) is 0.728. The van der Waals surface area contributed by atoms with E-state index in [-0.39, 0.29) is 5.91 Å². The van der Waals surface area contributed by atoms with Gasteiger partial charge in [0, 0.05) is 6.92 Å². The van der Waals surface area contributed by atoms with Crippen molar-refractivity contribution < 1.29 is 9.21 Å². The summed E-state index contributed by atoms with van der Waals surface area (Å²) in [5.74, 6) is 0.438. The highest BCUT2D eigenvalue weighted by atomic mass is 16.3. The van der Waals surface area contributed by atoms with E-state index in [1.54, 1.807) is 0 Å². The Kier molecular flexibility index (Phi) is 5.69. The second kappa shape index (κ2) is 6.39. The van der Waals surface area contributed by atoms with E-state index >= 15 is 0 Å².